The predicted octanol–water partition coefficient (Wildman–Crippen LogP) is 2.81. The van der Waals surface area contributed by atoms with Gasteiger partial charge in [-0.25, -0.2) is 0 Å². The van der Waals surface area contributed by atoms with Crippen LogP contribution in [-0.4, -0.2) is 37.7 Å². The lowest BCUT2D eigenvalue weighted by Crippen LogP contribution is -2.29. The van der Waals surface area contributed by atoms with Gasteiger partial charge < -0.3 is 20.7 Å². The van der Waals surface area contributed by atoms with Gasteiger partial charge in [-0.05, 0) is 50.9 Å². The molecule has 1 aromatic rings. The van der Waals surface area contributed by atoms with Crippen molar-refractivity contribution in [3.8, 4) is 5.75 Å². The molecule has 2 rings (SSSR count). The molecule has 1 unspecified atom stereocenters. The van der Waals surface area contributed by atoms with E-state index in [1.165, 1.54) is 25.9 Å². The molecule has 1 aliphatic rings. The van der Waals surface area contributed by atoms with Crippen LogP contribution in [0.3, 0.4) is 0 Å². The van der Waals surface area contributed by atoms with Crippen molar-refractivity contribution in [3.05, 3.63) is 18.2 Å². The molecule has 112 valence electrons. The third-order valence-corrected chi connectivity index (χ3v) is 3.78. The Hall–Kier alpha value is -1.42. The summed E-state index contributed by atoms with van der Waals surface area (Å²) in [6, 6.07) is 5.91. The minimum atomic E-state index is 0.614. The summed E-state index contributed by atoms with van der Waals surface area (Å²) in [5.74, 6) is 1.38. The van der Waals surface area contributed by atoms with Crippen LogP contribution in [0.1, 0.15) is 26.7 Å². The number of nitrogens with one attached hydrogen (secondary N) is 1. The van der Waals surface area contributed by atoms with Crippen LogP contribution in [-0.2, 0) is 0 Å². The average molecular weight is 277 g/mol. The van der Waals surface area contributed by atoms with Gasteiger partial charge in [0.1, 0.15) is 5.75 Å². The summed E-state index contributed by atoms with van der Waals surface area (Å²) < 4.78 is 5.52. The lowest BCUT2D eigenvalue weighted by atomic mass is 10.1. The lowest BCUT2D eigenvalue weighted by Gasteiger charge is -2.21. The number of ether oxygens (including phenoxy) is 1. The zero-order valence-corrected chi connectivity index (χ0v) is 12.7. The van der Waals surface area contributed by atoms with Crippen molar-refractivity contribution in [3.63, 3.8) is 0 Å². The molecule has 0 aromatic heterocycles. The molecular weight excluding hydrogens is 250 g/mol. The maximum absolute atomic E-state index is 6.12. The molecular formula is C16H27N3O. The predicted molar refractivity (Wildman–Crippen MR) is 85.4 cm³/mol. The van der Waals surface area contributed by atoms with E-state index in [0.717, 1.165) is 24.5 Å². The van der Waals surface area contributed by atoms with Crippen LogP contribution in [0.5, 0.6) is 5.75 Å². The number of benzene rings is 1. The first-order valence-electron chi connectivity index (χ1n) is 7.68. The van der Waals surface area contributed by atoms with Gasteiger partial charge in [-0.1, -0.05) is 13.0 Å². The minimum absolute atomic E-state index is 0.614. The molecule has 3 N–H and O–H groups in total. The summed E-state index contributed by atoms with van der Waals surface area (Å²) in [6.45, 7) is 9.51. The zero-order chi connectivity index (χ0) is 14.4. The van der Waals surface area contributed by atoms with E-state index in [4.69, 9.17) is 10.5 Å². The van der Waals surface area contributed by atoms with Gasteiger partial charge in [0.2, 0.25) is 0 Å². The summed E-state index contributed by atoms with van der Waals surface area (Å²) in [6.07, 6.45) is 2.70. The molecule has 0 amide bonds. The Balaban J connectivity index is 1.84. The highest BCUT2D eigenvalue weighted by Gasteiger charge is 2.15. The topological polar surface area (TPSA) is 50.5 Å². The van der Waals surface area contributed by atoms with E-state index < -0.39 is 0 Å². The van der Waals surface area contributed by atoms with E-state index >= 15 is 0 Å². The van der Waals surface area contributed by atoms with Crippen LogP contribution in [0.25, 0.3) is 0 Å². The lowest BCUT2D eigenvalue weighted by molar-refractivity contribution is 0.294. The maximum Gasteiger partial charge on any atom is 0.144 e. The Kier molecular flexibility index (Phi) is 5.53. The van der Waals surface area contributed by atoms with Crippen molar-refractivity contribution >= 4 is 11.4 Å². The molecule has 0 aliphatic carbocycles. The Labute approximate surface area is 122 Å². The standard InChI is InChI=1S/C16H27N3O/c1-3-20-15-8-6-7-14(16(15)17)18-11-13(2)12-19-9-4-5-10-19/h6-8,13,18H,3-5,9-12,17H2,1-2H3. The molecule has 20 heavy (non-hydrogen) atoms. The second kappa shape index (κ2) is 7.39. The summed E-state index contributed by atoms with van der Waals surface area (Å²) in [7, 11) is 0. The molecule has 1 atom stereocenters. The van der Waals surface area contributed by atoms with Crippen molar-refractivity contribution in [2.45, 2.75) is 26.7 Å². The van der Waals surface area contributed by atoms with Crippen LogP contribution in [0, 0.1) is 5.92 Å². The number of hydrogen-bond acceptors (Lipinski definition) is 4. The van der Waals surface area contributed by atoms with Crippen molar-refractivity contribution in [1.29, 1.82) is 0 Å². The van der Waals surface area contributed by atoms with Gasteiger partial charge in [0.15, 0.2) is 0 Å². The van der Waals surface area contributed by atoms with Crippen LogP contribution < -0.4 is 15.8 Å². The SMILES string of the molecule is CCOc1cccc(NCC(C)CN2CCCC2)c1N. The highest BCUT2D eigenvalue weighted by molar-refractivity contribution is 5.72. The first-order valence-corrected chi connectivity index (χ1v) is 7.68. The third kappa shape index (κ3) is 4.04. The van der Waals surface area contributed by atoms with Crippen LogP contribution in [0.4, 0.5) is 11.4 Å². The van der Waals surface area contributed by atoms with Crippen molar-refractivity contribution in [2.75, 3.05) is 43.8 Å². The molecule has 0 bridgehead atoms. The van der Waals surface area contributed by atoms with E-state index in [2.05, 4.69) is 17.1 Å². The molecule has 1 saturated heterocycles. The normalized spacial score (nSPS) is 17.1. The quantitative estimate of drug-likeness (QED) is 0.753. The van der Waals surface area contributed by atoms with E-state index in [-0.39, 0.29) is 0 Å². The molecule has 0 radical (unpaired) electrons. The maximum atomic E-state index is 6.12. The molecule has 0 spiro atoms. The highest BCUT2D eigenvalue weighted by Crippen LogP contribution is 2.29. The Morgan fingerprint density at radius 1 is 1.35 bits per heavy atom. The zero-order valence-electron chi connectivity index (χ0n) is 12.7. The molecule has 1 heterocycles. The number of likely N-dealkylation sites (tertiary alicyclic amines) is 1. The number of anilines is 2. The van der Waals surface area contributed by atoms with E-state index in [9.17, 15) is 0 Å². The summed E-state index contributed by atoms with van der Waals surface area (Å²) >= 11 is 0. The van der Waals surface area contributed by atoms with Gasteiger partial charge in [0.25, 0.3) is 0 Å². The van der Waals surface area contributed by atoms with Crippen LogP contribution >= 0.6 is 0 Å². The van der Waals surface area contributed by atoms with Gasteiger partial charge in [0, 0.05) is 13.1 Å². The van der Waals surface area contributed by atoms with Gasteiger partial charge in [-0.2, -0.15) is 0 Å². The van der Waals surface area contributed by atoms with Crippen molar-refractivity contribution in [2.24, 2.45) is 5.92 Å². The third-order valence-electron chi connectivity index (χ3n) is 3.78. The largest absolute Gasteiger partial charge is 0.492 e. The monoisotopic (exact) mass is 277 g/mol. The number of nitrogens with two attached hydrogens (primary N) is 1. The van der Waals surface area contributed by atoms with Gasteiger partial charge in [-0.15, -0.1) is 0 Å². The Morgan fingerprint density at radius 2 is 2.10 bits per heavy atom. The Bertz CT molecular complexity index is 416. The smallest absolute Gasteiger partial charge is 0.144 e. The number of nitrogen functional groups attached to an aromatic ring is 1. The van der Waals surface area contributed by atoms with Crippen LogP contribution in [0.15, 0.2) is 18.2 Å². The summed E-state index contributed by atoms with van der Waals surface area (Å²) in [5.41, 5.74) is 7.81. The minimum Gasteiger partial charge on any atom is -0.492 e. The van der Waals surface area contributed by atoms with Gasteiger partial charge in [0.05, 0.1) is 18.0 Å². The summed E-state index contributed by atoms with van der Waals surface area (Å²) in [5, 5.41) is 3.45. The number of hydrogen-bond donors (Lipinski definition) is 2. The van der Waals surface area contributed by atoms with Crippen molar-refractivity contribution in [1.82, 2.24) is 4.90 Å². The number of para-hydroxylation sites is 1. The van der Waals surface area contributed by atoms with Crippen LogP contribution in [0.2, 0.25) is 0 Å². The molecule has 4 heteroatoms. The second-order valence-corrected chi connectivity index (χ2v) is 5.64. The van der Waals surface area contributed by atoms with Crippen molar-refractivity contribution < 1.29 is 4.74 Å². The van der Waals surface area contributed by atoms with E-state index in [0.29, 0.717) is 18.2 Å². The van der Waals surface area contributed by atoms with E-state index in [1.807, 2.05) is 25.1 Å². The molecule has 4 nitrogen and oxygen atoms in total. The average Bonchev–Trinajstić information content (AvgIpc) is 2.93. The Morgan fingerprint density at radius 3 is 2.80 bits per heavy atom. The second-order valence-electron chi connectivity index (χ2n) is 5.64. The first-order chi connectivity index (χ1) is 9.70. The number of rotatable bonds is 7. The molecule has 1 aromatic carbocycles. The fourth-order valence-corrected chi connectivity index (χ4v) is 2.73. The van der Waals surface area contributed by atoms with E-state index in [1.54, 1.807) is 0 Å². The fourth-order valence-electron chi connectivity index (χ4n) is 2.73. The molecule has 1 fully saturated rings. The van der Waals surface area contributed by atoms with Gasteiger partial charge >= 0.3 is 0 Å². The summed E-state index contributed by atoms with van der Waals surface area (Å²) in [4.78, 5) is 2.55. The molecule has 1 aliphatic heterocycles. The fraction of sp³-hybridized carbons (Fsp3) is 0.625. The first kappa shape index (κ1) is 15.0. The number of nitrogens with zero attached hydrogens (tertiary/aromatic N) is 1. The van der Waals surface area contributed by atoms with Gasteiger partial charge in [-0.3, -0.25) is 0 Å². The molecule has 0 saturated carbocycles. The highest BCUT2D eigenvalue weighted by atomic mass is 16.5.